The van der Waals surface area contributed by atoms with Gasteiger partial charge in [0.15, 0.2) is 0 Å². The summed E-state index contributed by atoms with van der Waals surface area (Å²) < 4.78 is 11.3. The number of nitrogens with zero attached hydrogens (tertiary/aromatic N) is 2. The highest BCUT2D eigenvalue weighted by Gasteiger charge is 2.07. The van der Waals surface area contributed by atoms with Gasteiger partial charge in [-0.3, -0.25) is 4.98 Å². The maximum atomic E-state index is 5.95. The zero-order valence-corrected chi connectivity index (χ0v) is 14.8. The zero-order chi connectivity index (χ0) is 17.2. The molecular weight excluding hydrogens is 302 g/mol. The smallest absolute Gasteiger partial charge is 0.130 e. The summed E-state index contributed by atoms with van der Waals surface area (Å²) in [5, 5.41) is 3.47. The van der Waals surface area contributed by atoms with Crippen LogP contribution < -0.4 is 14.8 Å². The lowest BCUT2D eigenvalue weighted by molar-refractivity contribution is 0.296. The molecule has 2 rings (SSSR count). The molecular formula is C19H27N3O2. The van der Waals surface area contributed by atoms with Crippen LogP contribution in [0.15, 0.2) is 42.6 Å². The Bertz CT molecular complexity index is 603. The standard InChI is InChI=1S/C19H27N3O2/c1-22(2)12-6-10-20-14-16-13-18(23-3)8-9-19(16)24-15-17-7-4-5-11-21-17/h4-5,7-9,11,13,20H,6,10,12,14-15H2,1-3H3. The Kier molecular flexibility index (Phi) is 7.52. The van der Waals surface area contributed by atoms with Gasteiger partial charge >= 0.3 is 0 Å². The Morgan fingerprint density at radius 2 is 2.04 bits per heavy atom. The van der Waals surface area contributed by atoms with Gasteiger partial charge in [0.05, 0.1) is 12.8 Å². The Morgan fingerprint density at radius 1 is 1.17 bits per heavy atom. The van der Waals surface area contributed by atoms with Gasteiger partial charge in [-0.25, -0.2) is 0 Å². The molecule has 130 valence electrons. The van der Waals surface area contributed by atoms with Crippen LogP contribution in [0.2, 0.25) is 0 Å². The first-order valence-corrected chi connectivity index (χ1v) is 8.24. The largest absolute Gasteiger partial charge is 0.497 e. The van der Waals surface area contributed by atoms with Gasteiger partial charge in [-0.1, -0.05) is 6.07 Å². The number of hydrogen-bond donors (Lipinski definition) is 1. The van der Waals surface area contributed by atoms with Gasteiger partial charge < -0.3 is 19.7 Å². The summed E-state index contributed by atoms with van der Waals surface area (Å²) in [5.74, 6) is 1.70. The quantitative estimate of drug-likeness (QED) is 0.679. The fourth-order valence-electron chi connectivity index (χ4n) is 2.34. The van der Waals surface area contributed by atoms with Crippen LogP contribution in [0.25, 0.3) is 0 Å². The highest BCUT2D eigenvalue weighted by Crippen LogP contribution is 2.24. The summed E-state index contributed by atoms with van der Waals surface area (Å²) in [7, 11) is 5.86. The summed E-state index contributed by atoms with van der Waals surface area (Å²) >= 11 is 0. The van der Waals surface area contributed by atoms with Gasteiger partial charge in [-0.15, -0.1) is 0 Å². The number of rotatable bonds is 10. The molecule has 0 atom stereocenters. The van der Waals surface area contributed by atoms with Crippen molar-refractivity contribution in [1.29, 1.82) is 0 Å². The average molecular weight is 329 g/mol. The Hall–Kier alpha value is -2.11. The summed E-state index contributed by atoms with van der Waals surface area (Å²) in [6, 6.07) is 11.7. The summed E-state index contributed by atoms with van der Waals surface area (Å²) in [6.07, 6.45) is 2.89. The average Bonchev–Trinajstić information content (AvgIpc) is 2.60. The number of pyridine rings is 1. The summed E-state index contributed by atoms with van der Waals surface area (Å²) in [6.45, 7) is 3.26. The predicted octanol–water partition coefficient (Wildman–Crippen LogP) is 2.71. The molecule has 1 aromatic heterocycles. The van der Waals surface area contributed by atoms with Gasteiger partial charge in [0.1, 0.15) is 18.1 Å². The lowest BCUT2D eigenvalue weighted by atomic mass is 10.2. The third-order valence-corrected chi connectivity index (χ3v) is 3.64. The lowest BCUT2D eigenvalue weighted by Gasteiger charge is -2.14. The molecule has 0 bridgehead atoms. The minimum atomic E-state index is 0.459. The molecule has 5 heteroatoms. The van der Waals surface area contributed by atoms with E-state index < -0.39 is 0 Å². The second-order valence-electron chi connectivity index (χ2n) is 5.92. The molecule has 1 N–H and O–H groups in total. The first-order valence-electron chi connectivity index (χ1n) is 8.24. The second-order valence-corrected chi connectivity index (χ2v) is 5.92. The van der Waals surface area contributed by atoms with Crippen molar-refractivity contribution in [2.45, 2.75) is 19.6 Å². The Morgan fingerprint density at radius 3 is 2.75 bits per heavy atom. The van der Waals surface area contributed by atoms with E-state index in [-0.39, 0.29) is 0 Å². The molecule has 5 nitrogen and oxygen atoms in total. The number of methoxy groups -OCH3 is 1. The molecule has 0 saturated heterocycles. The van der Waals surface area contributed by atoms with E-state index in [4.69, 9.17) is 9.47 Å². The van der Waals surface area contributed by atoms with Gasteiger partial charge in [0.25, 0.3) is 0 Å². The maximum absolute atomic E-state index is 5.95. The van der Waals surface area contributed by atoms with Crippen LogP contribution in [-0.2, 0) is 13.2 Å². The highest BCUT2D eigenvalue weighted by molar-refractivity contribution is 5.40. The summed E-state index contributed by atoms with van der Waals surface area (Å²) in [4.78, 5) is 6.48. The van der Waals surface area contributed by atoms with Gasteiger partial charge in [-0.05, 0) is 63.9 Å². The number of hydrogen-bond acceptors (Lipinski definition) is 5. The number of aromatic nitrogens is 1. The predicted molar refractivity (Wildman–Crippen MR) is 96.4 cm³/mol. The molecule has 0 radical (unpaired) electrons. The van der Waals surface area contributed by atoms with E-state index in [2.05, 4.69) is 29.3 Å². The first kappa shape index (κ1) is 18.2. The summed E-state index contributed by atoms with van der Waals surface area (Å²) in [5.41, 5.74) is 2.01. The molecule has 0 aliphatic heterocycles. The van der Waals surface area contributed by atoms with Crippen molar-refractivity contribution in [1.82, 2.24) is 15.2 Å². The molecule has 0 unspecified atom stereocenters. The molecule has 0 saturated carbocycles. The monoisotopic (exact) mass is 329 g/mol. The molecule has 24 heavy (non-hydrogen) atoms. The zero-order valence-electron chi connectivity index (χ0n) is 14.8. The molecule has 0 spiro atoms. The van der Waals surface area contributed by atoms with E-state index in [1.54, 1.807) is 13.3 Å². The number of nitrogens with one attached hydrogen (secondary N) is 1. The molecule has 1 heterocycles. The van der Waals surface area contributed by atoms with E-state index in [1.165, 1.54) is 0 Å². The van der Waals surface area contributed by atoms with E-state index in [0.29, 0.717) is 6.61 Å². The van der Waals surface area contributed by atoms with Crippen LogP contribution in [0.4, 0.5) is 0 Å². The van der Waals surface area contributed by atoms with Crippen LogP contribution in [0.3, 0.4) is 0 Å². The Balaban J connectivity index is 1.93. The molecule has 0 aliphatic carbocycles. The minimum Gasteiger partial charge on any atom is -0.497 e. The number of benzene rings is 1. The normalized spacial score (nSPS) is 10.8. The SMILES string of the molecule is COc1ccc(OCc2ccccn2)c(CNCCCN(C)C)c1. The van der Waals surface area contributed by atoms with E-state index >= 15 is 0 Å². The van der Waals surface area contributed by atoms with Gasteiger partial charge in [-0.2, -0.15) is 0 Å². The van der Waals surface area contributed by atoms with Crippen molar-refractivity contribution < 1.29 is 9.47 Å². The molecule has 2 aromatic rings. The minimum absolute atomic E-state index is 0.459. The molecule has 0 aliphatic rings. The van der Waals surface area contributed by atoms with Crippen LogP contribution in [0.5, 0.6) is 11.5 Å². The van der Waals surface area contributed by atoms with Crippen molar-refractivity contribution >= 4 is 0 Å². The molecule has 1 aromatic carbocycles. The third-order valence-electron chi connectivity index (χ3n) is 3.64. The molecule has 0 amide bonds. The van der Waals surface area contributed by atoms with Crippen LogP contribution in [0.1, 0.15) is 17.7 Å². The van der Waals surface area contributed by atoms with E-state index in [1.807, 2.05) is 36.4 Å². The maximum Gasteiger partial charge on any atom is 0.130 e. The van der Waals surface area contributed by atoms with Gasteiger partial charge in [0.2, 0.25) is 0 Å². The van der Waals surface area contributed by atoms with Crippen LogP contribution in [-0.4, -0.2) is 44.2 Å². The van der Waals surface area contributed by atoms with Crippen molar-refractivity contribution in [2.75, 3.05) is 34.3 Å². The van der Waals surface area contributed by atoms with Gasteiger partial charge in [0, 0.05) is 18.3 Å². The Labute approximate surface area is 144 Å². The highest BCUT2D eigenvalue weighted by atomic mass is 16.5. The first-order chi connectivity index (χ1) is 11.7. The van der Waals surface area contributed by atoms with Crippen molar-refractivity contribution in [2.24, 2.45) is 0 Å². The van der Waals surface area contributed by atoms with E-state index in [0.717, 1.165) is 48.8 Å². The fraction of sp³-hybridized carbons (Fsp3) is 0.421. The van der Waals surface area contributed by atoms with Crippen molar-refractivity contribution in [3.8, 4) is 11.5 Å². The fourth-order valence-corrected chi connectivity index (χ4v) is 2.34. The molecule has 0 fully saturated rings. The topological polar surface area (TPSA) is 46.6 Å². The third kappa shape index (κ3) is 6.18. The van der Waals surface area contributed by atoms with Crippen molar-refractivity contribution in [3.63, 3.8) is 0 Å². The van der Waals surface area contributed by atoms with E-state index in [9.17, 15) is 0 Å². The second kappa shape index (κ2) is 9.90. The van der Waals surface area contributed by atoms with Crippen LogP contribution in [0, 0.1) is 0 Å². The van der Waals surface area contributed by atoms with Crippen molar-refractivity contribution in [3.05, 3.63) is 53.9 Å². The number of ether oxygens (including phenoxy) is 2. The van der Waals surface area contributed by atoms with Crippen LogP contribution >= 0.6 is 0 Å². The lowest BCUT2D eigenvalue weighted by Crippen LogP contribution is -2.21.